The lowest BCUT2D eigenvalue weighted by Crippen LogP contribution is -2.48. The molecule has 8 heteroatoms. The van der Waals surface area contributed by atoms with Crippen LogP contribution in [0.3, 0.4) is 0 Å². The molecular formula is C23H34IN5O2. The first-order valence-electron chi connectivity index (χ1n) is 11.1. The number of hydrogen-bond donors (Lipinski definition) is 2. The maximum absolute atomic E-state index is 12.0. The molecule has 1 aromatic rings. The van der Waals surface area contributed by atoms with Crippen molar-refractivity contribution in [2.24, 2.45) is 16.8 Å². The molecule has 1 saturated heterocycles. The third kappa shape index (κ3) is 5.90. The van der Waals surface area contributed by atoms with E-state index in [1.807, 2.05) is 29.2 Å². The van der Waals surface area contributed by atoms with E-state index in [9.17, 15) is 9.59 Å². The van der Waals surface area contributed by atoms with Crippen LogP contribution >= 0.6 is 24.0 Å². The molecule has 3 fully saturated rings. The van der Waals surface area contributed by atoms with E-state index in [0.717, 1.165) is 36.1 Å². The van der Waals surface area contributed by atoms with Crippen LogP contribution in [-0.2, 0) is 16.1 Å². The number of carbonyl (C=O) groups is 2. The number of rotatable bonds is 6. The molecule has 170 valence electrons. The first kappa shape index (κ1) is 23.8. The topological polar surface area (TPSA) is 77.0 Å². The van der Waals surface area contributed by atoms with Crippen molar-refractivity contribution in [1.29, 1.82) is 0 Å². The van der Waals surface area contributed by atoms with Crippen LogP contribution in [0.25, 0.3) is 0 Å². The highest BCUT2D eigenvalue weighted by Gasteiger charge is 2.39. The summed E-state index contributed by atoms with van der Waals surface area (Å²) in [5, 5.41) is 6.80. The van der Waals surface area contributed by atoms with Crippen molar-refractivity contribution in [3.63, 3.8) is 0 Å². The zero-order valence-electron chi connectivity index (χ0n) is 18.5. The van der Waals surface area contributed by atoms with Crippen LogP contribution in [0.1, 0.15) is 44.1 Å². The predicted molar refractivity (Wildman–Crippen MR) is 134 cm³/mol. The standard InChI is InChI=1S/C23H33N5O2.HI/c1-27(2)22(30)15-25-23(26-20-13-17-5-8-18(20)12-17)24-14-16-6-9-19(10-7-16)28-11-3-4-21(28)29;/h6-7,9-10,17-18,20H,3-5,8,11-15H2,1-2H3,(H2,24,25,26);1H. The van der Waals surface area contributed by atoms with Crippen molar-refractivity contribution >= 4 is 47.4 Å². The molecule has 0 spiro atoms. The number of anilines is 1. The Labute approximate surface area is 202 Å². The third-order valence-corrected chi connectivity index (χ3v) is 6.71. The number of nitrogens with one attached hydrogen (secondary N) is 2. The lowest BCUT2D eigenvalue weighted by Gasteiger charge is -2.25. The Balaban J connectivity index is 0.00000272. The maximum atomic E-state index is 12.0. The van der Waals surface area contributed by atoms with Crippen molar-refractivity contribution < 1.29 is 9.59 Å². The summed E-state index contributed by atoms with van der Waals surface area (Å²) in [4.78, 5) is 32.1. The average Bonchev–Trinajstić information content (AvgIpc) is 3.47. The maximum Gasteiger partial charge on any atom is 0.241 e. The normalized spacial score (nSPS) is 24.8. The molecule has 2 amide bonds. The smallest absolute Gasteiger partial charge is 0.241 e. The van der Waals surface area contributed by atoms with E-state index in [1.54, 1.807) is 19.0 Å². The summed E-state index contributed by atoms with van der Waals surface area (Å²) in [6, 6.07) is 8.52. The summed E-state index contributed by atoms with van der Waals surface area (Å²) in [6.45, 7) is 1.56. The second kappa shape index (κ2) is 10.7. The van der Waals surface area contributed by atoms with Crippen LogP contribution < -0.4 is 15.5 Å². The molecule has 2 saturated carbocycles. The van der Waals surface area contributed by atoms with E-state index in [0.29, 0.717) is 25.0 Å². The number of benzene rings is 1. The Morgan fingerprint density at radius 1 is 1.19 bits per heavy atom. The van der Waals surface area contributed by atoms with Gasteiger partial charge in [0, 0.05) is 38.8 Å². The number of guanidine groups is 1. The predicted octanol–water partition coefficient (Wildman–Crippen LogP) is 2.74. The van der Waals surface area contributed by atoms with Gasteiger partial charge >= 0.3 is 0 Å². The minimum Gasteiger partial charge on any atom is -0.353 e. The highest BCUT2D eigenvalue weighted by Crippen LogP contribution is 2.44. The van der Waals surface area contributed by atoms with E-state index in [1.165, 1.54) is 25.7 Å². The number of carbonyl (C=O) groups excluding carboxylic acids is 2. The second-order valence-electron chi connectivity index (χ2n) is 9.05. The number of likely N-dealkylation sites (N-methyl/N-ethyl adjacent to an activating group) is 1. The molecular weight excluding hydrogens is 505 g/mol. The first-order valence-corrected chi connectivity index (χ1v) is 11.1. The monoisotopic (exact) mass is 539 g/mol. The van der Waals surface area contributed by atoms with Gasteiger partial charge in [0.25, 0.3) is 0 Å². The average molecular weight is 539 g/mol. The molecule has 3 atom stereocenters. The van der Waals surface area contributed by atoms with Crippen molar-refractivity contribution in [3.8, 4) is 0 Å². The van der Waals surface area contributed by atoms with Crippen LogP contribution in [0.15, 0.2) is 29.3 Å². The van der Waals surface area contributed by atoms with Crippen molar-refractivity contribution in [1.82, 2.24) is 15.5 Å². The minimum atomic E-state index is 0. The molecule has 3 aliphatic rings. The molecule has 2 bridgehead atoms. The van der Waals surface area contributed by atoms with E-state index in [4.69, 9.17) is 4.99 Å². The van der Waals surface area contributed by atoms with Gasteiger partial charge in [0.2, 0.25) is 11.8 Å². The van der Waals surface area contributed by atoms with Gasteiger partial charge in [-0.1, -0.05) is 18.6 Å². The number of fused-ring (bicyclic) bond motifs is 2. The molecule has 2 aliphatic carbocycles. The number of halogens is 1. The largest absolute Gasteiger partial charge is 0.353 e. The zero-order chi connectivity index (χ0) is 21.1. The second-order valence-corrected chi connectivity index (χ2v) is 9.05. The molecule has 4 rings (SSSR count). The summed E-state index contributed by atoms with van der Waals surface area (Å²) < 4.78 is 0. The van der Waals surface area contributed by atoms with Gasteiger partial charge in [-0.15, -0.1) is 24.0 Å². The summed E-state index contributed by atoms with van der Waals surface area (Å²) >= 11 is 0. The van der Waals surface area contributed by atoms with Gasteiger partial charge in [0.05, 0.1) is 13.1 Å². The highest BCUT2D eigenvalue weighted by molar-refractivity contribution is 14.0. The Kier molecular flexibility index (Phi) is 8.18. The number of amides is 2. The van der Waals surface area contributed by atoms with Gasteiger partial charge in [0.1, 0.15) is 0 Å². The van der Waals surface area contributed by atoms with Gasteiger partial charge in [-0.05, 0) is 55.2 Å². The van der Waals surface area contributed by atoms with Crippen molar-refractivity contribution in [2.75, 3.05) is 32.1 Å². The van der Waals surface area contributed by atoms with Crippen molar-refractivity contribution in [3.05, 3.63) is 29.8 Å². The first-order chi connectivity index (χ1) is 14.5. The summed E-state index contributed by atoms with van der Waals surface area (Å²) in [7, 11) is 3.52. The molecule has 31 heavy (non-hydrogen) atoms. The number of nitrogens with zero attached hydrogens (tertiary/aromatic N) is 3. The Bertz CT molecular complexity index is 811. The fourth-order valence-electron chi connectivity index (χ4n) is 4.94. The van der Waals surface area contributed by atoms with Crippen LogP contribution in [0.2, 0.25) is 0 Å². The van der Waals surface area contributed by atoms with Crippen LogP contribution in [0, 0.1) is 11.8 Å². The SMILES string of the molecule is CN(C)C(=O)CNC(=NCc1ccc(N2CCCC2=O)cc1)NC1CC2CCC1C2.I. The molecule has 1 aromatic carbocycles. The van der Waals surface area contributed by atoms with E-state index in [2.05, 4.69) is 10.6 Å². The fourth-order valence-corrected chi connectivity index (χ4v) is 4.94. The summed E-state index contributed by atoms with van der Waals surface area (Å²) in [5.41, 5.74) is 2.04. The van der Waals surface area contributed by atoms with Gasteiger partial charge in [-0.3, -0.25) is 9.59 Å². The fraction of sp³-hybridized carbons (Fsp3) is 0.609. The Morgan fingerprint density at radius 3 is 2.55 bits per heavy atom. The Hall–Kier alpha value is -1.84. The van der Waals surface area contributed by atoms with E-state index < -0.39 is 0 Å². The molecule has 3 unspecified atom stereocenters. The molecule has 1 aliphatic heterocycles. The minimum absolute atomic E-state index is 0. The molecule has 1 heterocycles. The van der Waals surface area contributed by atoms with Gasteiger partial charge in [-0.25, -0.2) is 4.99 Å². The summed E-state index contributed by atoms with van der Waals surface area (Å²) in [5.74, 6) is 2.51. The highest BCUT2D eigenvalue weighted by atomic mass is 127. The molecule has 7 nitrogen and oxygen atoms in total. The van der Waals surface area contributed by atoms with E-state index >= 15 is 0 Å². The Morgan fingerprint density at radius 2 is 1.97 bits per heavy atom. The van der Waals surface area contributed by atoms with Gasteiger partial charge in [0.15, 0.2) is 5.96 Å². The quantitative estimate of drug-likeness (QED) is 0.331. The van der Waals surface area contributed by atoms with Crippen LogP contribution in [-0.4, -0.2) is 55.9 Å². The van der Waals surface area contributed by atoms with E-state index in [-0.39, 0.29) is 42.3 Å². The van der Waals surface area contributed by atoms with Gasteiger partial charge in [-0.2, -0.15) is 0 Å². The molecule has 0 radical (unpaired) electrons. The molecule has 2 N–H and O–H groups in total. The van der Waals surface area contributed by atoms with Crippen LogP contribution in [0.4, 0.5) is 5.69 Å². The lowest BCUT2D eigenvalue weighted by molar-refractivity contribution is -0.127. The lowest BCUT2D eigenvalue weighted by atomic mass is 9.95. The zero-order valence-corrected chi connectivity index (χ0v) is 20.8. The summed E-state index contributed by atoms with van der Waals surface area (Å²) in [6.07, 6.45) is 6.74. The third-order valence-electron chi connectivity index (χ3n) is 6.71. The molecule has 0 aromatic heterocycles. The van der Waals surface area contributed by atoms with Crippen molar-refractivity contribution in [2.45, 2.75) is 51.1 Å². The van der Waals surface area contributed by atoms with Gasteiger partial charge < -0.3 is 20.4 Å². The van der Waals surface area contributed by atoms with Crippen LogP contribution in [0.5, 0.6) is 0 Å². The number of aliphatic imine (C=N–C) groups is 1. The number of hydrogen-bond acceptors (Lipinski definition) is 3.